The molecule has 1 aromatic carbocycles. The number of nitrogens with one attached hydrogen (secondary N) is 1. The summed E-state index contributed by atoms with van der Waals surface area (Å²) in [6.45, 7) is 3.22. The first kappa shape index (κ1) is 18.2. The number of H-pyrrole nitrogens is 1. The number of para-hydroxylation sites is 1. The Morgan fingerprint density at radius 2 is 2.04 bits per heavy atom. The van der Waals surface area contributed by atoms with E-state index in [0.717, 1.165) is 29.8 Å². The molecule has 6 nitrogen and oxygen atoms in total. The van der Waals surface area contributed by atoms with Crippen molar-refractivity contribution in [1.82, 2.24) is 14.9 Å². The highest BCUT2D eigenvalue weighted by Crippen LogP contribution is 2.27. The van der Waals surface area contributed by atoms with Gasteiger partial charge in [0.25, 0.3) is 5.56 Å². The molecule has 0 spiro atoms. The normalized spacial score (nSPS) is 15.1. The van der Waals surface area contributed by atoms with Gasteiger partial charge in [0.15, 0.2) is 0 Å². The first-order chi connectivity index (χ1) is 12.6. The summed E-state index contributed by atoms with van der Waals surface area (Å²) in [5.74, 6) is 1.89. The predicted molar refractivity (Wildman–Crippen MR) is 99.5 cm³/mol. The third kappa shape index (κ3) is 4.31. The van der Waals surface area contributed by atoms with Crippen LogP contribution in [0, 0.1) is 6.92 Å². The highest BCUT2D eigenvalue weighted by Gasteiger charge is 2.25. The van der Waals surface area contributed by atoms with Gasteiger partial charge in [-0.05, 0) is 37.8 Å². The van der Waals surface area contributed by atoms with Crippen LogP contribution in [0.5, 0.6) is 5.75 Å². The summed E-state index contributed by atoms with van der Waals surface area (Å²) >= 11 is 0. The van der Waals surface area contributed by atoms with Gasteiger partial charge in [0.1, 0.15) is 11.6 Å². The van der Waals surface area contributed by atoms with Crippen LogP contribution in [-0.4, -0.2) is 41.0 Å². The molecule has 0 aliphatic carbocycles. The van der Waals surface area contributed by atoms with Crippen molar-refractivity contribution in [3.8, 4) is 5.75 Å². The fraction of sp³-hybridized carbons (Fsp3) is 0.450. The van der Waals surface area contributed by atoms with Gasteiger partial charge in [0, 0.05) is 31.5 Å². The Bertz CT molecular complexity index is 823. The predicted octanol–water partition coefficient (Wildman–Crippen LogP) is 2.43. The summed E-state index contributed by atoms with van der Waals surface area (Å²) in [6.07, 6.45) is 2.84. The van der Waals surface area contributed by atoms with E-state index >= 15 is 0 Å². The maximum atomic E-state index is 12.5. The molecule has 138 valence electrons. The second-order valence-electron chi connectivity index (χ2n) is 6.72. The van der Waals surface area contributed by atoms with Crippen molar-refractivity contribution < 1.29 is 9.53 Å². The number of rotatable bonds is 5. The van der Waals surface area contributed by atoms with Crippen molar-refractivity contribution in [3.05, 3.63) is 57.8 Å². The zero-order chi connectivity index (χ0) is 18.5. The zero-order valence-electron chi connectivity index (χ0n) is 15.3. The molecule has 1 amide bonds. The van der Waals surface area contributed by atoms with E-state index in [4.69, 9.17) is 4.74 Å². The highest BCUT2D eigenvalue weighted by atomic mass is 16.5. The van der Waals surface area contributed by atoms with Gasteiger partial charge >= 0.3 is 0 Å². The van der Waals surface area contributed by atoms with E-state index < -0.39 is 0 Å². The number of carbonyl (C=O) groups is 1. The molecule has 2 aromatic rings. The number of carbonyl (C=O) groups excluding carboxylic acids is 1. The number of likely N-dealkylation sites (tertiary alicyclic amines) is 1. The Balaban J connectivity index is 1.54. The zero-order valence-corrected chi connectivity index (χ0v) is 15.3. The van der Waals surface area contributed by atoms with Gasteiger partial charge in [-0.2, -0.15) is 0 Å². The van der Waals surface area contributed by atoms with Crippen LogP contribution in [0.2, 0.25) is 0 Å². The number of amides is 1. The Kier molecular flexibility index (Phi) is 5.71. The van der Waals surface area contributed by atoms with Gasteiger partial charge in [-0.15, -0.1) is 0 Å². The smallest absolute Gasteiger partial charge is 0.251 e. The van der Waals surface area contributed by atoms with Crippen molar-refractivity contribution in [1.29, 1.82) is 0 Å². The second kappa shape index (κ2) is 8.17. The molecule has 1 aliphatic heterocycles. The van der Waals surface area contributed by atoms with Gasteiger partial charge < -0.3 is 14.6 Å². The van der Waals surface area contributed by atoms with Crippen molar-refractivity contribution in [3.63, 3.8) is 0 Å². The lowest BCUT2D eigenvalue weighted by Crippen LogP contribution is -2.38. The topological polar surface area (TPSA) is 75.3 Å². The van der Waals surface area contributed by atoms with Crippen LogP contribution in [0.25, 0.3) is 0 Å². The minimum atomic E-state index is -0.109. The molecule has 1 aliphatic rings. The second-order valence-corrected chi connectivity index (χ2v) is 6.72. The molecule has 6 heteroatoms. The number of benzene rings is 1. The van der Waals surface area contributed by atoms with Gasteiger partial charge in [0.05, 0.1) is 12.8 Å². The summed E-state index contributed by atoms with van der Waals surface area (Å²) in [5, 5.41) is 0. The number of hydrogen-bond donors (Lipinski definition) is 1. The van der Waals surface area contributed by atoms with Crippen LogP contribution in [0.3, 0.4) is 0 Å². The van der Waals surface area contributed by atoms with Crippen LogP contribution >= 0.6 is 0 Å². The monoisotopic (exact) mass is 355 g/mol. The van der Waals surface area contributed by atoms with Gasteiger partial charge in [0.2, 0.25) is 5.91 Å². The van der Waals surface area contributed by atoms with Crippen molar-refractivity contribution >= 4 is 5.91 Å². The number of methoxy groups -OCH3 is 1. The molecule has 0 bridgehead atoms. The maximum absolute atomic E-state index is 12.5. The number of hydrogen-bond acceptors (Lipinski definition) is 4. The molecule has 0 saturated carbocycles. The average molecular weight is 355 g/mol. The van der Waals surface area contributed by atoms with Crippen LogP contribution in [-0.2, 0) is 11.2 Å². The summed E-state index contributed by atoms with van der Waals surface area (Å²) in [7, 11) is 1.65. The van der Waals surface area contributed by atoms with Crippen molar-refractivity contribution in [2.24, 2.45) is 0 Å². The molecular formula is C20H25N3O3. The van der Waals surface area contributed by atoms with E-state index in [1.54, 1.807) is 20.1 Å². The number of aromatic amines is 1. The molecule has 3 rings (SSSR count). The molecular weight excluding hydrogens is 330 g/mol. The lowest BCUT2D eigenvalue weighted by molar-refractivity contribution is -0.132. The highest BCUT2D eigenvalue weighted by molar-refractivity contribution is 5.76. The Hall–Kier alpha value is -2.63. The fourth-order valence-corrected chi connectivity index (χ4v) is 3.55. The molecule has 1 fully saturated rings. The number of aromatic nitrogens is 2. The number of aryl methyl sites for hydroxylation is 2. The number of piperidine rings is 1. The molecule has 1 aromatic heterocycles. The molecule has 0 radical (unpaired) electrons. The number of ether oxygens (including phenoxy) is 1. The third-order valence-electron chi connectivity index (χ3n) is 4.95. The van der Waals surface area contributed by atoms with E-state index in [0.29, 0.717) is 31.8 Å². The maximum Gasteiger partial charge on any atom is 0.251 e. The summed E-state index contributed by atoms with van der Waals surface area (Å²) < 4.78 is 5.35. The lowest BCUT2D eigenvalue weighted by atomic mass is 9.93. The van der Waals surface area contributed by atoms with Crippen LogP contribution in [0.1, 0.15) is 42.3 Å². The van der Waals surface area contributed by atoms with E-state index in [-0.39, 0.29) is 17.4 Å². The first-order valence-corrected chi connectivity index (χ1v) is 9.04. The van der Waals surface area contributed by atoms with E-state index in [1.807, 2.05) is 29.2 Å². The average Bonchev–Trinajstić information content (AvgIpc) is 2.65. The Labute approximate surface area is 153 Å². The summed E-state index contributed by atoms with van der Waals surface area (Å²) in [6, 6.07) is 9.39. The minimum absolute atomic E-state index is 0.109. The SMILES string of the molecule is COc1ccccc1CCC(=O)N1CCC(c2cc(=O)[nH]c(C)n2)CC1. The molecule has 1 N–H and O–H groups in total. The number of nitrogens with zero attached hydrogens (tertiary/aromatic N) is 2. The van der Waals surface area contributed by atoms with E-state index in [1.165, 1.54) is 0 Å². The summed E-state index contributed by atoms with van der Waals surface area (Å²) in [5.41, 5.74) is 1.79. The van der Waals surface area contributed by atoms with Crippen molar-refractivity contribution in [2.45, 2.75) is 38.5 Å². The molecule has 26 heavy (non-hydrogen) atoms. The minimum Gasteiger partial charge on any atom is -0.496 e. The van der Waals surface area contributed by atoms with Crippen molar-refractivity contribution in [2.75, 3.05) is 20.2 Å². The largest absolute Gasteiger partial charge is 0.496 e. The third-order valence-corrected chi connectivity index (χ3v) is 4.95. The molecule has 1 saturated heterocycles. The van der Waals surface area contributed by atoms with Gasteiger partial charge in [-0.3, -0.25) is 9.59 Å². The van der Waals surface area contributed by atoms with Crippen LogP contribution in [0.15, 0.2) is 35.1 Å². The molecule has 0 unspecified atom stereocenters. The van der Waals surface area contributed by atoms with E-state index in [9.17, 15) is 9.59 Å². The molecule has 2 heterocycles. The van der Waals surface area contributed by atoms with Gasteiger partial charge in [-0.1, -0.05) is 18.2 Å². The fourth-order valence-electron chi connectivity index (χ4n) is 3.55. The Morgan fingerprint density at radius 3 is 2.73 bits per heavy atom. The van der Waals surface area contributed by atoms with Crippen LogP contribution in [0.4, 0.5) is 0 Å². The first-order valence-electron chi connectivity index (χ1n) is 9.04. The van der Waals surface area contributed by atoms with E-state index in [2.05, 4.69) is 9.97 Å². The Morgan fingerprint density at radius 1 is 1.31 bits per heavy atom. The summed E-state index contributed by atoms with van der Waals surface area (Å²) in [4.78, 5) is 33.2. The van der Waals surface area contributed by atoms with Gasteiger partial charge in [-0.25, -0.2) is 4.98 Å². The van der Waals surface area contributed by atoms with Crippen LogP contribution < -0.4 is 10.3 Å². The molecule has 0 atom stereocenters. The lowest BCUT2D eigenvalue weighted by Gasteiger charge is -2.32. The quantitative estimate of drug-likeness (QED) is 0.894. The standard InChI is InChI=1S/C20H25N3O3/c1-14-21-17(13-19(24)22-14)15-9-11-23(12-10-15)20(25)8-7-16-5-3-4-6-18(16)26-2/h3-6,13,15H,7-12H2,1-2H3,(H,21,22,24).